The summed E-state index contributed by atoms with van der Waals surface area (Å²) in [6.45, 7) is 7.71. The van der Waals surface area contributed by atoms with Crippen molar-refractivity contribution < 1.29 is 4.74 Å². The van der Waals surface area contributed by atoms with Gasteiger partial charge in [0.05, 0.1) is 18.0 Å². The molecule has 2 N–H and O–H groups in total. The quantitative estimate of drug-likeness (QED) is 0.372. The SMILES string of the molecule is CCN/C(C)=C\N(C)c1ccc(Nc2nc3c(s2)CCCC3c2ccccc2)cc1OCC. The molecule has 0 amide bonds. The van der Waals surface area contributed by atoms with E-state index >= 15 is 0 Å². The van der Waals surface area contributed by atoms with Gasteiger partial charge < -0.3 is 20.3 Å². The Balaban J connectivity index is 1.57. The first-order chi connectivity index (χ1) is 16.1. The molecule has 0 radical (unpaired) electrons. The van der Waals surface area contributed by atoms with Crippen LogP contribution in [0.4, 0.5) is 16.5 Å². The first kappa shape index (κ1) is 23.2. The highest BCUT2D eigenvalue weighted by Gasteiger charge is 2.26. The van der Waals surface area contributed by atoms with Crippen molar-refractivity contribution >= 4 is 27.8 Å². The zero-order valence-corrected chi connectivity index (χ0v) is 20.8. The molecule has 3 aromatic rings. The number of fused-ring (bicyclic) bond motifs is 1. The lowest BCUT2D eigenvalue weighted by atomic mass is 9.85. The number of anilines is 3. The maximum absolute atomic E-state index is 5.99. The van der Waals surface area contributed by atoms with E-state index in [1.165, 1.54) is 22.6 Å². The van der Waals surface area contributed by atoms with Crippen molar-refractivity contribution in [3.05, 3.63) is 76.6 Å². The minimum atomic E-state index is 0.392. The summed E-state index contributed by atoms with van der Waals surface area (Å²) in [4.78, 5) is 8.54. The molecule has 5 nitrogen and oxygen atoms in total. The number of ether oxygens (including phenoxy) is 1. The van der Waals surface area contributed by atoms with E-state index in [4.69, 9.17) is 9.72 Å². The van der Waals surface area contributed by atoms with Crippen molar-refractivity contribution in [2.24, 2.45) is 0 Å². The van der Waals surface area contributed by atoms with Crippen LogP contribution in [-0.2, 0) is 6.42 Å². The van der Waals surface area contributed by atoms with Crippen LogP contribution in [0.5, 0.6) is 5.75 Å². The van der Waals surface area contributed by atoms with Crippen LogP contribution < -0.4 is 20.3 Å². The lowest BCUT2D eigenvalue weighted by molar-refractivity contribution is 0.341. The third-order valence-corrected chi connectivity index (χ3v) is 6.94. The lowest BCUT2D eigenvalue weighted by Crippen LogP contribution is -2.16. The van der Waals surface area contributed by atoms with Crippen LogP contribution in [0, 0.1) is 0 Å². The van der Waals surface area contributed by atoms with Gasteiger partial charge in [-0.3, -0.25) is 0 Å². The van der Waals surface area contributed by atoms with Crippen LogP contribution in [0.15, 0.2) is 60.4 Å². The summed E-state index contributed by atoms with van der Waals surface area (Å²) in [6.07, 6.45) is 5.58. The van der Waals surface area contributed by atoms with Gasteiger partial charge in [0.2, 0.25) is 0 Å². The van der Waals surface area contributed by atoms with Crippen molar-refractivity contribution in [3.63, 3.8) is 0 Å². The van der Waals surface area contributed by atoms with E-state index in [0.717, 1.165) is 47.3 Å². The molecule has 0 saturated heterocycles. The zero-order valence-electron chi connectivity index (χ0n) is 20.0. The van der Waals surface area contributed by atoms with E-state index < -0.39 is 0 Å². The average molecular weight is 463 g/mol. The Bertz CT molecular complexity index is 1090. The third-order valence-electron chi connectivity index (χ3n) is 5.89. The molecular formula is C27H34N4OS. The van der Waals surface area contributed by atoms with Crippen LogP contribution in [0.2, 0.25) is 0 Å². The van der Waals surface area contributed by atoms with Gasteiger partial charge in [0, 0.05) is 48.0 Å². The van der Waals surface area contributed by atoms with Gasteiger partial charge >= 0.3 is 0 Å². The molecule has 4 rings (SSSR count). The average Bonchev–Trinajstić information content (AvgIpc) is 3.22. The van der Waals surface area contributed by atoms with E-state index in [0.29, 0.717) is 12.5 Å². The normalized spacial score (nSPS) is 15.6. The molecule has 0 spiro atoms. The molecule has 2 aromatic carbocycles. The van der Waals surface area contributed by atoms with Crippen LogP contribution >= 0.6 is 11.3 Å². The second-order valence-electron chi connectivity index (χ2n) is 8.38. The second-order valence-corrected chi connectivity index (χ2v) is 9.46. The molecule has 0 fully saturated rings. The second kappa shape index (κ2) is 10.8. The van der Waals surface area contributed by atoms with Crippen LogP contribution in [-0.4, -0.2) is 25.2 Å². The Labute approximate surface area is 201 Å². The number of aryl methyl sites for hydroxylation is 1. The monoisotopic (exact) mass is 462 g/mol. The summed E-state index contributed by atoms with van der Waals surface area (Å²) in [5.74, 6) is 1.25. The van der Waals surface area contributed by atoms with Crippen molar-refractivity contribution in [2.75, 3.05) is 30.4 Å². The summed E-state index contributed by atoms with van der Waals surface area (Å²) in [5.41, 5.74) is 5.74. The maximum Gasteiger partial charge on any atom is 0.187 e. The van der Waals surface area contributed by atoms with E-state index in [1.807, 2.05) is 14.0 Å². The Kier molecular flexibility index (Phi) is 7.55. The Morgan fingerprint density at radius 3 is 2.79 bits per heavy atom. The smallest absolute Gasteiger partial charge is 0.187 e. The fourth-order valence-electron chi connectivity index (χ4n) is 4.44. The molecule has 1 unspecified atom stereocenters. The zero-order chi connectivity index (χ0) is 23.2. The van der Waals surface area contributed by atoms with Crippen LogP contribution in [0.3, 0.4) is 0 Å². The summed E-state index contributed by atoms with van der Waals surface area (Å²) in [5, 5.41) is 7.83. The molecule has 6 heteroatoms. The van der Waals surface area contributed by atoms with Gasteiger partial charge in [-0.05, 0) is 57.7 Å². The number of nitrogens with one attached hydrogen (secondary N) is 2. The molecule has 0 saturated carbocycles. The van der Waals surface area contributed by atoms with Crippen LogP contribution in [0.25, 0.3) is 0 Å². The molecule has 1 atom stereocenters. The highest BCUT2D eigenvalue weighted by Crippen LogP contribution is 2.41. The number of rotatable bonds is 9. The Morgan fingerprint density at radius 2 is 2.03 bits per heavy atom. The van der Waals surface area contributed by atoms with Gasteiger partial charge in [-0.2, -0.15) is 0 Å². The van der Waals surface area contributed by atoms with Crippen LogP contribution in [0.1, 0.15) is 55.7 Å². The number of benzene rings is 2. The van der Waals surface area contributed by atoms with Crippen molar-refractivity contribution in [2.45, 2.75) is 46.0 Å². The molecule has 1 aliphatic rings. The van der Waals surface area contributed by atoms with Gasteiger partial charge in [0.25, 0.3) is 0 Å². The molecule has 33 heavy (non-hydrogen) atoms. The maximum atomic E-state index is 5.99. The number of nitrogens with zero attached hydrogens (tertiary/aromatic N) is 2. The van der Waals surface area contributed by atoms with E-state index in [2.05, 4.69) is 84.1 Å². The molecular weight excluding hydrogens is 428 g/mol. The molecule has 1 heterocycles. The molecule has 0 aliphatic heterocycles. The van der Waals surface area contributed by atoms with E-state index in [1.54, 1.807) is 11.3 Å². The largest absolute Gasteiger partial charge is 0.492 e. The standard InChI is InChI=1S/C27H34N4OS/c1-5-28-19(3)18-31(4)23-16-15-21(17-24(23)32-6-2)29-27-30-26-22(13-10-14-25(26)33-27)20-11-8-7-9-12-20/h7-9,11-12,15-18,22,28H,5-6,10,13-14H2,1-4H3,(H,29,30)/b19-18-. The van der Waals surface area contributed by atoms with Gasteiger partial charge in [0.1, 0.15) is 5.75 Å². The third kappa shape index (κ3) is 5.50. The summed E-state index contributed by atoms with van der Waals surface area (Å²) < 4.78 is 5.99. The Morgan fingerprint density at radius 1 is 1.21 bits per heavy atom. The Hall–Kier alpha value is -2.99. The molecule has 1 aliphatic carbocycles. The number of thiazole rings is 1. The van der Waals surface area contributed by atoms with Crippen molar-refractivity contribution in [1.29, 1.82) is 0 Å². The summed E-state index contributed by atoms with van der Waals surface area (Å²) >= 11 is 1.78. The molecule has 174 valence electrons. The van der Waals surface area contributed by atoms with Gasteiger partial charge in [-0.1, -0.05) is 30.3 Å². The predicted octanol–water partition coefficient (Wildman–Crippen LogP) is 6.66. The molecule has 1 aromatic heterocycles. The van der Waals surface area contributed by atoms with E-state index in [9.17, 15) is 0 Å². The highest BCUT2D eigenvalue weighted by molar-refractivity contribution is 7.15. The van der Waals surface area contributed by atoms with Crippen molar-refractivity contribution in [1.82, 2.24) is 10.3 Å². The van der Waals surface area contributed by atoms with Gasteiger partial charge in [-0.25, -0.2) is 4.98 Å². The summed E-state index contributed by atoms with van der Waals surface area (Å²) in [6, 6.07) is 17.0. The fraction of sp³-hybridized carbons (Fsp3) is 0.370. The van der Waals surface area contributed by atoms with Gasteiger partial charge in [0.15, 0.2) is 5.13 Å². The van der Waals surface area contributed by atoms with E-state index in [-0.39, 0.29) is 0 Å². The summed E-state index contributed by atoms with van der Waals surface area (Å²) in [7, 11) is 2.05. The lowest BCUT2D eigenvalue weighted by Gasteiger charge is -2.21. The van der Waals surface area contributed by atoms with Crippen molar-refractivity contribution in [3.8, 4) is 5.75 Å². The highest BCUT2D eigenvalue weighted by atomic mass is 32.1. The minimum absolute atomic E-state index is 0.392. The topological polar surface area (TPSA) is 49.4 Å². The number of allylic oxidation sites excluding steroid dienone is 1. The fourth-order valence-corrected chi connectivity index (χ4v) is 5.53. The number of hydrogen-bond donors (Lipinski definition) is 2. The first-order valence-electron chi connectivity index (χ1n) is 11.8. The first-order valence-corrected chi connectivity index (χ1v) is 12.6. The number of aromatic nitrogens is 1. The molecule has 0 bridgehead atoms. The minimum Gasteiger partial charge on any atom is -0.492 e. The number of hydrogen-bond acceptors (Lipinski definition) is 6. The van der Waals surface area contributed by atoms with Gasteiger partial charge in [-0.15, -0.1) is 11.3 Å². The predicted molar refractivity (Wildman–Crippen MR) is 140 cm³/mol.